The molecule has 45 heavy (non-hydrogen) atoms. The van der Waals surface area contributed by atoms with Gasteiger partial charge in [-0.1, -0.05) is 23.5 Å². The van der Waals surface area contributed by atoms with Crippen molar-refractivity contribution in [3.05, 3.63) is 72.4 Å². The third-order valence-corrected chi connectivity index (χ3v) is 11.3. The second kappa shape index (κ2) is 9.93. The number of hydrogen-bond donors (Lipinski definition) is 2. The molecule has 0 atom stereocenters. The van der Waals surface area contributed by atoms with Crippen LogP contribution in [0, 0.1) is 30.1 Å². The zero-order valence-corrected chi connectivity index (χ0v) is 25.7. The first-order chi connectivity index (χ1) is 21.9. The maximum atomic E-state index is 12.7. The number of fused-ring (bicyclic) bond motifs is 2. The van der Waals surface area contributed by atoms with Crippen LogP contribution in [0.3, 0.4) is 0 Å². The smallest absolute Gasteiger partial charge is 0.340 e. The number of benzene rings is 1. The van der Waals surface area contributed by atoms with Crippen molar-refractivity contribution < 1.29 is 9.90 Å². The number of thiazole rings is 1. The van der Waals surface area contributed by atoms with Crippen LogP contribution in [0.1, 0.15) is 54.6 Å². The maximum Gasteiger partial charge on any atom is 0.340 e. The van der Waals surface area contributed by atoms with Crippen molar-refractivity contribution in [3.8, 4) is 22.4 Å². The summed E-state index contributed by atoms with van der Waals surface area (Å²) in [6.07, 6.45) is 14.9. The number of pyridine rings is 1. The quantitative estimate of drug-likeness (QED) is 0.193. The summed E-state index contributed by atoms with van der Waals surface area (Å²) in [7, 11) is 0. The highest BCUT2D eigenvalue weighted by atomic mass is 32.1. The average Bonchev–Trinajstić information content (AvgIpc) is 3.73. The first-order valence-electron chi connectivity index (χ1n) is 15.6. The minimum atomic E-state index is -1.05. The van der Waals surface area contributed by atoms with Crippen LogP contribution in [-0.4, -0.2) is 45.4 Å². The van der Waals surface area contributed by atoms with Crippen LogP contribution in [0.2, 0.25) is 0 Å². The van der Waals surface area contributed by atoms with Gasteiger partial charge in [0.25, 0.3) is 0 Å². The molecular formula is C34H32N8O2S. The Hall–Kier alpha value is -4.64. The van der Waals surface area contributed by atoms with E-state index in [9.17, 15) is 9.90 Å². The second-order valence-corrected chi connectivity index (χ2v) is 14.4. The predicted octanol–water partition coefficient (Wildman–Crippen LogP) is 7.23. The van der Waals surface area contributed by atoms with Crippen molar-refractivity contribution in [2.75, 3.05) is 5.32 Å². The van der Waals surface area contributed by atoms with Gasteiger partial charge in [-0.25, -0.2) is 24.3 Å². The lowest BCUT2D eigenvalue weighted by Crippen LogP contribution is -2.48. The van der Waals surface area contributed by atoms with Crippen LogP contribution in [0.15, 0.2) is 61.2 Å². The summed E-state index contributed by atoms with van der Waals surface area (Å²) in [4.78, 5) is 26.5. The molecule has 4 aliphatic carbocycles. The summed E-state index contributed by atoms with van der Waals surface area (Å²) in [6, 6.07) is 11.8. The van der Waals surface area contributed by atoms with Gasteiger partial charge in [0.15, 0.2) is 10.8 Å². The molecule has 0 aliphatic heterocycles. The first-order valence-corrected chi connectivity index (χ1v) is 16.4. The van der Waals surface area contributed by atoms with Crippen LogP contribution in [-0.2, 0) is 6.54 Å². The van der Waals surface area contributed by atoms with Crippen molar-refractivity contribution in [2.24, 2.45) is 23.2 Å². The summed E-state index contributed by atoms with van der Waals surface area (Å²) in [5.41, 5.74) is 5.42. The molecule has 226 valence electrons. The number of carbonyl (C=O) groups is 1. The van der Waals surface area contributed by atoms with Gasteiger partial charge in [0.05, 0.1) is 34.5 Å². The number of imidazole rings is 1. The van der Waals surface area contributed by atoms with E-state index in [0.29, 0.717) is 28.1 Å². The van der Waals surface area contributed by atoms with E-state index >= 15 is 0 Å². The fourth-order valence-corrected chi connectivity index (χ4v) is 9.74. The molecule has 6 aromatic rings. The number of hydrogen-bond acceptors (Lipinski definition) is 8. The Morgan fingerprint density at radius 1 is 0.956 bits per heavy atom. The van der Waals surface area contributed by atoms with Gasteiger partial charge in [0.2, 0.25) is 0 Å². The van der Waals surface area contributed by atoms with E-state index in [2.05, 4.69) is 30.0 Å². The number of carboxylic acids is 1. The van der Waals surface area contributed by atoms with Crippen molar-refractivity contribution in [2.45, 2.75) is 52.0 Å². The summed E-state index contributed by atoms with van der Waals surface area (Å²) in [5.74, 6) is 2.22. The molecule has 10 nitrogen and oxygen atoms in total. The van der Waals surface area contributed by atoms with Crippen LogP contribution in [0.25, 0.3) is 38.2 Å². The molecule has 1 aromatic carbocycles. The van der Waals surface area contributed by atoms with Gasteiger partial charge >= 0.3 is 5.97 Å². The lowest BCUT2D eigenvalue weighted by molar-refractivity contribution is -0.0638. The van der Waals surface area contributed by atoms with Crippen molar-refractivity contribution in [3.63, 3.8) is 0 Å². The van der Waals surface area contributed by atoms with Crippen LogP contribution >= 0.6 is 11.3 Å². The van der Waals surface area contributed by atoms with Crippen molar-refractivity contribution >= 4 is 44.1 Å². The number of anilines is 2. The zero-order chi connectivity index (χ0) is 30.3. The van der Waals surface area contributed by atoms with E-state index in [-0.39, 0.29) is 5.56 Å². The van der Waals surface area contributed by atoms with Crippen LogP contribution in [0.5, 0.6) is 0 Å². The van der Waals surface area contributed by atoms with Gasteiger partial charge in [0.1, 0.15) is 11.4 Å². The van der Waals surface area contributed by atoms with Gasteiger partial charge in [-0.3, -0.25) is 4.68 Å². The third-order valence-electron chi connectivity index (χ3n) is 10.4. The predicted molar refractivity (Wildman–Crippen MR) is 173 cm³/mol. The van der Waals surface area contributed by atoms with E-state index in [1.807, 2.05) is 43.3 Å². The van der Waals surface area contributed by atoms with E-state index in [0.717, 1.165) is 56.5 Å². The summed E-state index contributed by atoms with van der Waals surface area (Å²) >= 11 is 1.57. The topological polar surface area (TPSA) is 123 Å². The van der Waals surface area contributed by atoms with Crippen LogP contribution < -0.4 is 5.32 Å². The second-order valence-electron chi connectivity index (χ2n) is 13.4. The Bertz CT molecular complexity index is 2040. The molecule has 4 bridgehead atoms. The number of nitrogens with one attached hydrogen (secondary N) is 1. The van der Waals surface area contributed by atoms with Gasteiger partial charge in [-0.2, -0.15) is 10.2 Å². The Balaban J connectivity index is 1.01. The number of rotatable bonds is 7. The molecule has 0 radical (unpaired) electrons. The minimum Gasteiger partial charge on any atom is -0.478 e. The number of nitrogens with zero attached hydrogens (tertiary/aromatic N) is 7. The SMILES string of the molecule is Cc1c(-c2cnn3c(-c4ccc(Nc5nc6ccccc6s5)nc4)cnc3c2C(=O)O)cnn1CC12CC3CC(CC(C3)C1)C2. The molecule has 5 aromatic heterocycles. The van der Waals surface area contributed by atoms with E-state index in [1.54, 1.807) is 40.6 Å². The molecule has 0 unspecified atom stereocenters. The molecule has 0 amide bonds. The number of para-hydroxylation sites is 1. The highest BCUT2D eigenvalue weighted by molar-refractivity contribution is 7.22. The van der Waals surface area contributed by atoms with E-state index < -0.39 is 5.97 Å². The standard InChI is InChI=1S/C34H32N8O2S/c1-19-24(15-37-41(19)18-34-11-20-8-21(12-34)10-22(9-20)13-34)25-16-38-42-27(17-36-31(42)30(25)32(43)44)23-6-7-29(35-14-23)40-33-39-26-4-2-3-5-28(26)45-33/h2-7,14-17,20-22H,8-13,18H2,1H3,(H,43,44)(H,35,39,40). The normalized spacial score (nSPS) is 23.7. The highest BCUT2D eigenvalue weighted by Crippen LogP contribution is 2.60. The zero-order valence-electron chi connectivity index (χ0n) is 24.8. The Morgan fingerprint density at radius 3 is 2.42 bits per heavy atom. The molecule has 11 heteroatoms. The Kier molecular flexibility index (Phi) is 5.90. The molecule has 4 saturated carbocycles. The largest absolute Gasteiger partial charge is 0.478 e. The molecule has 2 N–H and O–H groups in total. The molecular weight excluding hydrogens is 584 g/mol. The number of aromatic nitrogens is 7. The van der Waals surface area contributed by atoms with Crippen molar-refractivity contribution in [1.29, 1.82) is 0 Å². The average molecular weight is 617 g/mol. The molecule has 4 fully saturated rings. The Labute approximate surface area is 263 Å². The molecule has 0 saturated heterocycles. The first kappa shape index (κ1) is 26.7. The number of carboxylic acid groups (broad SMARTS) is 1. The monoisotopic (exact) mass is 616 g/mol. The maximum absolute atomic E-state index is 12.7. The van der Waals surface area contributed by atoms with Crippen LogP contribution in [0.4, 0.5) is 10.9 Å². The minimum absolute atomic E-state index is 0.121. The molecule has 0 spiro atoms. The van der Waals surface area contributed by atoms with Gasteiger partial charge < -0.3 is 10.4 Å². The molecule has 5 heterocycles. The van der Waals surface area contributed by atoms with Crippen molar-refractivity contribution in [1.82, 2.24) is 34.3 Å². The van der Waals surface area contributed by atoms with Gasteiger partial charge in [-0.15, -0.1) is 0 Å². The summed E-state index contributed by atoms with van der Waals surface area (Å²) < 4.78 is 4.80. The Morgan fingerprint density at radius 2 is 1.71 bits per heavy atom. The molecule has 4 aliphatic rings. The lowest BCUT2D eigenvalue weighted by Gasteiger charge is -2.56. The lowest BCUT2D eigenvalue weighted by atomic mass is 9.49. The van der Waals surface area contributed by atoms with Gasteiger partial charge in [-0.05, 0) is 92.9 Å². The fourth-order valence-electron chi connectivity index (χ4n) is 8.87. The highest BCUT2D eigenvalue weighted by Gasteiger charge is 2.51. The van der Waals surface area contributed by atoms with Gasteiger partial charge in [0, 0.05) is 35.1 Å². The third kappa shape index (κ3) is 4.43. The summed E-state index contributed by atoms with van der Waals surface area (Å²) in [6.45, 7) is 2.95. The summed E-state index contributed by atoms with van der Waals surface area (Å²) in [5, 5.41) is 23.9. The molecule has 10 rings (SSSR count). The fraction of sp³-hybridized carbons (Fsp3) is 0.353. The van der Waals surface area contributed by atoms with E-state index in [1.165, 1.54) is 38.5 Å². The van der Waals surface area contributed by atoms with E-state index in [4.69, 9.17) is 5.10 Å². The number of aromatic carboxylic acids is 1.